The van der Waals surface area contributed by atoms with Gasteiger partial charge in [-0.1, -0.05) is 19.6 Å². The first kappa shape index (κ1) is 13.9. The van der Waals surface area contributed by atoms with E-state index in [9.17, 15) is 9.59 Å². The molecule has 0 atom stereocenters. The summed E-state index contributed by atoms with van der Waals surface area (Å²) < 4.78 is 4.38. The second kappa shape index (κ2) is 6.41. The van der Waals surface area contributed by atoms with Crippen molar-refractivity contribution in [3.63, 3.8) is 0 Å². The van der Waals surface area contributed by atoms with Gasteiger partial charge in [-0.15, -0.1) is 11.5 Å². The van der Waals surface area contributed by atoms with Crippen molar-refractivity contribution in [2.75, 3.05) is 0 Å². The smallest absolute Gasteiger partial charge is 0.313 e. The molecule has 0 aliphatic carbocycles. The predicted molar refractivity (Wildman–Crippen MR) is 61.7 cm³/mol. The second-order valence-corrected chi connectivity index (χ2v) is 9.12. The van der Waals surface area contributed by atoms with Crippen molar-refractivity contribution in [1.29, 1.82) is 0 Å². The van der Waals surface area contributed by atoms with Gasteiger partial charge in [0.1, 0.15) is 8.07 Å². The van der Waals surface area contributed by atoms with Crippen molar-refractivity contribution >= 4 is 20.0 Å². The molecule has 0 radical (unpaired) electrons. The summed E-state index contributed by atoms with van der Waals surface area (Å²) in [6, 6.07) is 0. The third-order valence-electron chi connectivity index (χ3n) is 1.40. The highest BCUT2D eigenvalue weighted by Gasteiger charge is 2.07. The van der Waals surface area contributed by atoms with Gasteiger partial charge in [0.2, 0.25) is 0 Å². The van der Waals surface area contributed by atoms with Gasteiger partial charge >= 0.3 is 11.9 Å². The Bertz CT molecular complexity index is 291. The Morgan fingerprint density at radius 3 is 2.33 bits per heavy atom. The molecule has 0 aliphatic heterocycles. The summed E-state index contributed by atoms with van der Waals surface area (Å²) >= 11 is 0. The lowest BCUT2D eigenvalue weighted by Crippen LogP contribution is -2.16. The van der Waals surface area contributed by atoms with Crippen LogP contribution < -0.4 is 0 Å². The van der Waals surface area contributed by atoms with E-state index in [2.05, 4.69) is 35.8 Å². The van der Waals surface area contributed by atoms with Gasteiger partial charge in [-0.3, -0.25) is 9.59 Å². The fourth-order valence-corrected chi connectivity index (χ4v) is 1.52. The van der Waals surface area contributed by atoms with Gasteiger partial charge < -0.3 is 4.74 Å². The number of unbranched alkanes of at least 4 members (excludes halogenated alkanes) is 1. The Kier molecular flexibility index (Phi) is 5.95. The summed E-state index contributed by atoms with van der Waals surface area (Å²) in [5.74, 6) is 2.04. The van der Waals surface area contributed by atoms with Crippen molar-refractivity contribution in [3.8, 4) is 11.5 Å². The molecule has 0 fully saturated rings. The van der Waals surface area contributed by atoms with E-state index in [0.717, 1.165) is 0 Å². The molecule has 0 aromatic heterocycles. The maximum atomic E-state index is 10.9. The molecule has 0 unspecified atom stereocenters. The highest BCUT2D eigenvalue weighted by atomic mass is 28.3. The molecule has 0 saturated carbocycles. The molecular weight excluding hydrogens is 208 g/mol. The van der Waals surface area contributed by atoms with E-state index in [1.807, 2.05) is 0 Å². The first-order valence-electron chi connectivity index (χ1n) is 5.02. The molecule has 84 valence electrons. The fraction of sp³-hybridized carbons (Fsp3) is 0.636. The molecule has 0 aromatic carbocycles. The Labute approximate surface area is 92.2 Å². The largest absolute Gasteiger partial charge is 0.393 e. The molecular formula is C11H18O3Si. The average molecular weight is 226 g/mol. The van der Waals surface area contributed by atoms with Gasteiger partial charge in [-0.2, -0.15) is 0 Å². The summed E-state index contributed by atoms with van der Waals surface area (Å²) in [6.45, 7) is 7.74. The van der Waals surface area contributed by atoms with Gasteiger partial charge in [-0.25, -0.2) is 0 Å². The van der Waals surface area contributed by atoms with Crippen molar-refractivity contribution in [2.24, 2.45) is 0 Å². The van der Waals surface area contributed by atoms with Crippen LogP contribution in [-0.2, 0) is 14.3 Å². The molecule has 0 aromatic rings. The second-order valence-electron chi connectivity index (χ2n) is 4.37. The molecule has 0 spiro atoms. The molecule has 0 bridgehead atoms. The van der Waals surface area contributed by atoms with E-state index in [4.69, 9.17) is 0 Å². The SMILES string of the molecule is CC(=O)OC(=O)CCCC#C[Si](C)(C)C. The number of hydrogen-bond acceptors (Lipinski definition) is 3. The van der Waals surface area contributed by atoms with Crippen molar-refractivity contribution < 1.29 is 14.3 Å². The third kappa shape index (κ3) is 10.8. The summed E-state index contributed by atoms with van der Waals surface area (Å²) in [6.07, 6.45) is 1.61. The van der Waals surface area contributed by atoms with E-state index in [0.29, 0.717) is 12.8 Å². The molecule has 15 heavy (non-hydrogen) atoms. The van der Waals surface area contributed by atoms with Gasteiger partial charge in [0.25, 0.3) is 0 Å². The van der Waals surface area contributed by atoms with Crippen molar-refractivity contribution in [3.05, 3.63) is 0 Å². The van der Waals surface area contributed by atoms with E-state index in [1.54, 1.807) is 0 Å². The summed E-state index contributed by atoms with van der Waals surface area (Å²) in [5, 5.41) is 0. The Morgan fingerprint density at radius 2 is 1.87 bits per heavy atom. The molecule has 0 N–H and O–H groups in total. The van der Waals surface area contributed by atoms with Gasteiger partial charge in [0.05, 0.1) is 0 Å². The molecule has 0 amide bonds. The maximum Gasteiger partial charge on any atom is 0.313 e. The maximum absolute atomic E-state index is 10.9. The van der Waals surface area contributed by atoms with Crippen LogP contribution in [0.15, 0.2) is 0 Å². The van der Waals surface area contributed by atoms with Crippen LogP contribution in [0.1, 0.15) is 26.2 Å². The van der Waals surface area contributed by atoms with Crippen LogP contribution in [0.25, 0.3) is 0 Å². The third-order valence-corrected chi connectivity index (χ3v) is 2.33. The zero-order valence-electron chi connectivity index (χ0n) is 9.85. The van der Waals surface area contributed by atoms with E-state index >= 15 is 0 Å². The highest BCUT2D eigenvalue weighted by molar-refractivity contribution is 6.83. The lowest BCUT2D eigenvalue weighted by atomic mass is 10.2. The van der Waals surface area contributed by atoms with Crippen LogP contribution >= 0.6 is 0 Å². The number of hydrogen-bond donors (Lipinski definition) is 0. The van der Waals surface area contributed by atoms with Crippen LogP contribution in [0, 0.1) is 11.5 Å². The van der Waals surface area contributed by atoms with Crippen molar-refractivity contribution in [2.45, 2.75) is 45.8 Å². The lowest BCUT2D eigenvalue weighted by Gasteiger charge is -2.03. The monoisotopic (exact) mass is 226 g/mol. The van der Waals surface area contributed by atoms with Crippen LogP contribution in [0.5, 0.6) is 0 Å². The topological polar surface area (TPSA) is 43.4 Å². The van der Waals surface area contributed by atoms with Gasteiger partial charge in [0.15, 0.2) is 0 Å². The van der Waals surface area contributed by atoms with Crippen LogP contribution in [0.4, 0.5) is 0 Å². The molecule has 0 saturated heterocycles. The highest BCUT2D eigenvalue weighted by Crippen LogP contribution is 2.00. The van der Waals surface area contributed by atoms with Crippen LogP contribution in [0.2, 0.25) is 19.6 Å². The standard InChI is InChI=1S/C11H18O3Si/c1-10(12)14-11(13)8-6-5-7-9-15(2,3)4/h5-6,8H2,1-4H3. The molecule has 0 aliphatic rings. The number of rotatable bonds is 3. The summed E-state index contributed by atoms with van der Waals surface area (Å²) in [4.78, 5) is 21.3. The minimum atomic E-state index is -1.29. The summed E-state index contributed by atoms with van der Waals surface area (Å²) in [5.41, 5.74) is 3.21. The molecule has 3 nitrogen and oxygen atoms in total. The minimum absolute atomic E-state index is 0.264. The minimum Gasteiger partial charge on any atom is -0.393 e. The zero-order valence-corrected chi connectivity index (χ0v) is 10.8. The van der Waals surface area contributed by atoms with E-state index < -0.39 is 20.0 Å². The first-order chi connectivity index (χ1) is 6.81. The molecule has 0 heterocycles. The Balaban J connectivity index is 3.66. The summed E-state index contributed by atoms with van der Waals surface area (Å²) in [7, 11) is -1.29. The number of esters is 2. The quantitative estimate of drug-likeness (QED) is 0.243. The fourth-order valence-electron chi connectivity index (χ4n) is 0.860. The Morgan fingerprint density at radius 1 is 1.27 bits per heavy atom. The predicted octanol–water partition coefficient (Wildman–Crippen LogP) is 2.13. The zero-order chi connectivity index (χ0) is 11.9. The number of carbonyl (C=O) groups excluding carboxylic acids is 2. The Hall–Kier alpha value is -1.08. The lowest BCUT2D eigenvalue weighted by molar-refractivity contribution is -0.158. The molecule has 4 heteroatoms. The average Bonchev–Trinajstić information content (AvgIpc) is 1.99. The number of ether oxygens (including phenoxy) is 1. The first-order valence-corrected chi connectivity index (χ1v) is 8.52. The van der Waals surface area contributed by atoms with E-state index in [1.165, 1.54) is 6.92 Å². The van der Waals surface area contributed by atoms with Crippen molar-refractivity contribution in [1.82, 2.24) is 0 Å². The molecule has 0 rings (SSSR count). The van der Waals surface area contributed by atoms with Crippen LogP contribution in [0.3, 0.4) is 0 Å². The van der Waals surface area contributed by atoms with Crippen LogP contribution in [-0.4, -0.2) is 20.0 Å². The normalized spacial score (nSPS) is 10.1. The number of carbonyl (C=O) groups is 2. The van der Waals surface area contributed by atoms with E-state index in [-0.39, 0.29) is 6.42 Å². The van der Waals surface area contributed by atoms with Gasteiger partial charge in [0, 0.05) is 19.8 Å². The van der Waals surface area contributed by atoms with Gasteiger partial charge in [-0.05, 0) is 6.42 Å².